The lowest BCUT2D eigenvalue weighted by Gasteiger charge is -2.47. The molecule has 4 aliphatic heterocycles. The van der Waals surface area contributed by atoms with Gasteiger partial charge in [-0.05, 0) is 58.3 Å². The second kappa shape index (κ2) is 8.64. The molecule has 10 atom stereocenters. The highest BCUT2D eigenvalue weighted by Gasteiger charge is 2.75. The number of allylic oxidation sites excluding steroid dienone is 1. The first-order valence-electron chi connectivity index (χ1n) is 10.6. The molecule has 4 aliphatic rings. The third kappa shape index (κ3) is 4.17. The van der Waals surface area contributed by atoms with Gasteiger partial charge in [-0.2, -0.15) is 0 Å². The number of fused-ring (bicyclic) bond motifs is 2. The largest absolute Gasteiger partial charge is 0.385 e. The zero-order chi connectivity index (χ0) is 20.9. The summed E-state index contributed by atoms with van der Waals surface area (Å²) in [6.45, 7) is 8.05. The molecule has 4 saturated heterocycles. The molecule has 8 heteroatoms. The molecular formula is C21H30ClIO6. The van der Waals surface area contributed by atoms with Crippen molar-refractivity contribution in [1.82, 2.24) is 0 Å². The summed E-state index contributed by atoms with van der Waals surface area (Å²) in [5, 5.41) is 10.8. The predicted molar refractivity (Wildman–Crippen MR) is 116 cm³/mol. The SMILES string of the molecule is C=C(I)C[C@H](Cl)CCC(=O)[C@@H]1O[C@@]12O[C@@H]1C(O[C@H]3CC[C@H](CC)O[C@@H]3[C@@H]1C)[C@H]2O. The topological polar surface area (TPSA) is 77.5 Å². The van der Waals surface area contributed by atoms with Gasteiger partial charge in [0.2, 0.25) is 5.79 Å². The predicted octanol–water partition coefficient (Wildman–Crippen LogP) is 3.50. The highest BCUT2D eigenvalue weighted by Crippen LogP contribution is 2.54. The molecule has 0 radical (unpaired) electrons. The van der Waals surface area contributed by atoms with Crippen molar-refractivity contribution in [3.8, 4) is 0 Å². The van der Waals surface area contributed by atoms with Crippen LogP contribution in [0.2, 0.25) is 0 Å². The number of ketones is 1. The second-order valence-electron chi connectivity index (χ2n) is 8.78. The van der Waals surface area contributed by atoms with Crippen LogP contribution >= 0.6 is 34.2 Å². The molecule has 164 valence electrons. The molecule has 1 N–H and O–H groups in total. The van der Waals surface area contributed by atoms with Crippen molar-refractivity contribution in [2.45, 2.75) is 106 Å². The molecule has 4 heterocycles. The number of rotatable bonds is 7. The number of hydrogen-bond acceptors (Lipinski definition) is 6. The number of aliphatic hydroxyl groups excluding tert-OH is 1. The van der Waals surface area contributed by atoms with Gasteiger partial charge in [0.25, 0.3) is 0 Å². The van der Waals surface area contributed by atoms with Crippen molar-refractivity contribution in [1.29, 1.82) is 0 Å². The maximum atomic E-state index is 12.7. The van der Waals surface area contributed by atoms with Crippen molar-refractivity contribution >= 4 is 40.0 Å². The van der Waals surface area contributed by atoms with Crippen molar-refractivity contribution in [2.24, 2.45) is 5.92 Å². The molecular weight excluding hydrogens is 511 g/mol. The number of Topliss-reactive ketones (excluding diaryl/α,β-unsaturated/α-hetero) is 1. The molecule has 1 unspecified atom stereocenters. The molecule has 6 nitrogen and oxygen atoms in total. The summed E-state index contributed by atoms with van der Waals surface area (Å²) in [6, 6.07) is 0. The average Bonchev–Trinajstić information content (AvgIpc) is 3.35. The lowest BCUT2D eigenvalue weighted by atomic mass is 9.82. The van der Waals surface area contributed by atoms with Crippen LogP contribution < -0.4 is 0 Å². The highest BCUT2D eigenvalue weighted by molar-refractivity contribution is 14.1. The maximum absolute atomic E-state index is 12.7. The molecule has 0 bridgehead atoms. The Kier molecular flexibility index (Phi) is 6.68. The minimum absolute atomic E-state index is 0.0475. The Morgan fingerprint density at radius 3 is 2.72 bits per heavy atom. The number of ether oxygens (including phenoxy) is 4. The third-order valence-electron chi connectivity index (χ3n) is 6.73. The van der Waals surface area contributed by atoms with E-state index in [1.165, 1.54) is 0 Å². The van der Waals surface area contributed by atoms with Crippen LogP contribution in [0.1, 0.15) is 52.4 Å². The zero-order valence-electron chi connectivity index (χ0n) is 16.9. The van der Waals surface area contributed by atoms with Gasteiger partial charge in [0.15, 0.2) is 11.9 Å². The van der Waals surface area contributed by atoms with E-state index in [0.717, 1.165) is 22.8 Å². The van der Waals surface area contributed by atoms with Crippen molar-refractivity contribution < 1.29 is 28.8 Å². The van der Waals surface area contributed by atoms with E-state index in [4.69, 9.17) is 30.5 Å². The van der Waals surface area contributed by atoms with Gasteiger partial charge in [0.05, 0.1) is 24.4 Å². The Morgan fingerprint density at radius 1 is 1.28 bits per heavy atom. The molecule has 4 rings (SSSR count). The summed E-state index contributed by atoms with van der Waals surface area (Å²) in [7, 11) is 0. The number of halogens is 2. The second-order valence-corrected chi connectivity index (χ2v) is 10.9. The Labute approximate surface area is 190 Å². The lowest BCUT2D eigenvalue weighted by Crippen LogP contribution is -2.57. The third-order valence-corrected chi connectivity index (χ3v) is 7.54. The van der Waals surface area contributed by atoms with Crippen LogP contribution in [0.5, 0.6) is 0 Å². The van der Waals surface area contributed by atoms with E-state index in [1.807, 2.05) is 0 Å². The first-order chi connectivity index (χ1) is 13.8. The van der Waals surface area contributed by atoms with Gasteiger partial charge in [-0.15, -0.1) is 11.6 Å². The molecule has 4 fully saturated rings. The fourth-order valence-electron chi connectivity index (χ4n) is 5.03. The number of aliphatic hydroxyl groups is 1. The molecule has 0 aromatic heterocycles. The molecule has 0 saturated carbocycles. The molecule has 0 amide bonds. The summed E-state index contributed by atoms with van der Waals surface area (Å²) in [4.78, 5) is 12.7. The van der Waals surface area contributed by atoms with Gasteiger partial charge in [-0.25, -0.2) is 0 Å². The Morgan fingerprint density at radius 2 is 2.03 bits per heavy atom. The average molecular weight is 541 g/mol. The van der Waals surface area contributed by atoms with E-state index in [2.05, 4.69) is 43.0 Å². The maximum Gasteiger partial charge on any atom is 0.233 e. The molecule has 0 aromatic carbocycles. The van der Waals surface area contributed by atoms with Crippen LogP contribution in [0.15, 0.2) is 10.2 Å². The van der Waals surface area contributed by atoms with E-state index in [-0.39, 0.29) is 41.5 Å². The molecule has 29 heavy (non-hydrogen) atoms. The molecule has 0 aromatic rings. The fourth-order valence-corrected chi connectivity index (χ4v) is 6.12. The summed E-state index contributed by atoms with van der Waals surface area (Å²) in [6.07, 6.45) is 1.94. The van der Waals surface area contributed by atoms with Crippen LogP contribution in [0, 0.1) is 5.92 Å². The monoisotopic (exact) mass is 540 g/mol. The number of carbonyl (C=O) groups is 1. The van der Waals surface area contributed by atoms with Crippen LogP contribution in [0.3, 0.4) is 0 Å². The molecule has 1 spiro atoms. The standard InChI is InChI=1S/C21H30ClIO6/c1-4-13-6-8-15-16(26-13)11(3)17-18(27-15)19(25)21(28-17)20(29-21)14(24)7-5-12(22)9-10(2)23/h11-13,15-20,25H,2,4-9H2,1,3H3/t11-,12+,13-,15-,16+,17-,18?,19+,20-,21+/m0/s1. The highest BCUT2D eigenvalue weighted by atomic mass is 127. The number of hydrogen-bond donors (Lipinski definition) is 1. The fraction of sp³-hybridized carbons (Fsp3) is 0.857. The minimum Gasteiger partial charge on any atom is -0.385 e. The Hall–Kier alpha value is 0.230. The van der Waals surface area contributed by atoms with Gasteiger partial charge in [0.1, 0.15) is 12.2 Å². The smallest absolute Gasteiger partial charge is 0.233 e. The summed E-state index contributed by atoms with van der Waals surface area (Å²) >= 11 is 8.40. The van der Waals surface area contributed by atoms with Gasteiger partial charge in [-0.3, -0.25) is 4.79 Å². The van der Waals surface area contributed by atoms with Gasteiger partial charge >= 0.3 is 0 Å². The van der Waals surface area contributed by atoms with E-state index < -0.39 is 24.1 Å². The summed E-state index contributed by atoms with van der Waals surface area (Å²) in [5.41, 5.74) is 0. The van der Waals surface area contributed by atoms with Crippen molar-refractivity contribution in [3.63, 3.8) is 0 Å². The number of epoxide rings is 1. The van der Waals surface area contributed by atoms with Gasteiger partial charge in [0, 0.05) is 17.7 Å². The normalized spacial score (nSPS) is 46.8. The first-order valence-corrected chi connectivity index (χ1v) is 12.1. The number of carbonyl (C=O) groups excluding carboxylic acids is 1. The van der Waals surface area contributed by atoms with Crippen LogP contribution in [-0.2, 0) is 23.7 Å². The van der Waals surface area contributed by atoms with E-state index in [9.17, 15) is 9.90 Å². The van der Waals surface area contributed by atoms with E-state index in [0.29, 0.717) is 19.3 Å². The van der Waals surface area contributed by atoms with Crippen LogP contribution in [0.25, 0.3) is 0 Å². The number of alkyl halides is 1. The summed E-state index contributed by atoms with van der Waals surface area (Å²) < 4.78 is 25.3. The Bertz CT molecular complexity index is 661. The lowest BCUT2D eigenvalue weighted by molar-refractivity contribution is -0.240. The van der Waals surface area contributed by atoms with Crippen LogP contribution in [0.4, 0.5) is 0 Å². The van der Waals surface area contributed by atoms with E-state index in [1.54, 1.807) is 0 Å². The minimum atomic E-state index is -1.27. The quantitative estimate of drug-likeness (QED) is 0.303. The van der Waals surface area contributed by atoms with Crippen LogP contribution in [-0.4, -0.2) is 64.8 Å². The first kappa shape index (κ1) is 22.4. The van der Waals surface area contributed by atoms with Gasteiger partial charge < -0.3 is 24.1 Å². The summed E-state index contributed by atoms with van der Waals surface area (Å²) in [5.74, 6) is -1.30. The van der Waals surface area contributed by atoms with Crippen molar-refractivity contribution in [2.75, 3.05) is 0 Å². The van der Waals surface area contributed by atoms with Crippen molar-refractivity contribution in [3.05, 3.63) is 10.2 Å². The molecule has 0 aliphatic carbocycles. The Balaban J connectivity index is 1.38. The zero-order valence-corrected chi connectivity index (χ0v) is 19.8. The van der Waals surface area contributed by atoms with Gasteiger partial charge in [-0.1, -0.05) is 20.4 Å². The van der Waals surface area contributed by atoms with E-state index >= 15 is 0 Å².